The standard InChI is InChI=1S/C14H24N2/c15-14(11-4-2-1-3-5-11)16-13-9-10-6-7-12(13)8-10/h10-13H,1-9H2,(H2,15,16). The van der Waals surface area contributed by atoms with Crippen molar-refractivity contribution >= 4 is 5.84 Å². The number of rotatable bonds is 2. The zero-order valence-corrected chi connectivity index (χ0v) is 10.2. The van der Waals surface area contributed by atoms with Crippen LogP contribution in [0.3, 0.4) is 0 Å². The molecule has 2 heteroatoms. The summed E-state index contributed by atoms with van der Waals surface area (Å²) in [5.74, 6) is 3.48. The van der Waals surface area contributed by atoms with E-state index in [2.05, 4.69) is 0 Å². The number of nitrogens with zero attached hydrogens (tertiary/aromatic N) is 1. The van der Waals surface area contributed by atoms with Gasteiger partial charge in [0.15, 0.2) is 0 Å². The lowest BCUT2D eigenvalue weighted by molar-refractivity contribution is 0.407. The van der Waals surface area contributed by atoms with E-state index >= 15 is 0 Å². The van der Waals surface area contributed by atoms with Crippen LogP contribution in [0.2, 0.25) is 0 Å². The molecule has 16 heavy (non-hydrogen) atoms. The first-order valence-corrected chi connectivity index (χ1v) is 7.16. The van der Waals surface area contributed by atoms with Crippen molar-refractivity contribution in [1.82, 2.24) is 0 Å². The Bertz CT molecular complexity index is 278. The van der Waals surface area contributed by atoms with Gasteiger partial charge in [0, 0.05) is 5.92 Å². The van der Waals surface area contributed by atoms with E-state index in [1.165, 1.54) is 57.8 Å². The van der Waals surface area contributed by atoms with Crippen molar-refractivity contribution in [3.8, 4) is 0 Å². The van der Waals surface area contributed by atoms with Gasteiger partial charge in [-0.15, -0.1) is 0 Å². The van der Waals surface area contributed by atoms with E-state index in [1.54, 1.807) is 0 Å². The Balaban J connectivity index is 1.62. The molecule has 0 aromatic rings. The van der Waals surface area contributed by atoms with Gasteiger partial charge in [-0.2, -0.15) is 0 Å². The molecule has 3 aliphatic rings. The van der Waals surface area contributed by atoms with Gasteiger partial charge in [0.1, 0.15) is 0 Å². The lowest BCUT2D eigenvalue weighted by atomic mass is 9.88. The monoisotopic (exact) mass is 220 g/mol. The van der Waals surface area contributed by atoms with Crippen LogP contribution < -0.4 is 5.73 Å². The number of hydrogen-bond acceptors (Lipinski definition) is 1. The highest BCUT2D eigenvalue weighted by Gasteiger charge is 2.39. The van der Waals surface area contributed by atoms with Gasteiger partial charge < -0.3 is 5.73 Å². The summed E-state index contributed by atoms with van der Waals surface area (Å²) < 4.78 is 0. The lowest BCUT2D eigenvalue weighted by Gasteiger charge is -2.24. The molecule has 3 unspecified atom stereocenters. The normalized spacial score (nSPS) is 40.5. The highest BCUT2D eigenvalue weighted by atomic mass is 14.9. The molecule has 3 fully saturated rings. The summed E-state index contributed by atoms with van der Waals surface area (Å²) in [6.07, 6.45) is 12.3. The minimum atomic E-state index is 0.598. The summed E-state index contributed by atoms with van der Waals surface area (Å²) in [4.78, 5) is 4.88. The van der Waals surface area contributed by atoms with Crippen molar-refractivity contribution in [2.75, 3.05) is 0 Å². The topological polar surface area (TPSA) is 38.4 Å². The number of aliphatic imine (C=N–C) groups is 1. The van der Waals surface area contributed by atoms with Gasteiger partial charge in [-0.3, -0.25) is 4.99 Å². The fourth-order valence-electron chi connectivity index (χ4n) is 4.06. The van der Waals surface area contributed by atoms with Crippen LogP contribution in [-0.4, -0.2) is 11.9 Å². The molecule has 3 aliphatic carbocycles. The zero-order chi connectivity index (χ0) is 11.0. The van der Waals surface area contributed by atoms with Crippen LogP contribution in [0.15, 0.2) is 4.99 Å². The quantitative estimate of drug-likeness (QED) is 0.563. The minimum absolute atomic E-state index is 0.598. The largest absolute Gasteiger partial charge is 0.387 e. The van der Waals surface area contributed by atoms with Crippen LogP contribution in [0.25, 0.3) is 0 Å². The smallest absolute Gasteiger partial charge is 0.0971 e. The Hall–Kier alpha value is -0.530. The van der Waals surface area contributed by atoms with Crippen LogP contribution in [0.1, 0.15) is 57.8 Å². The third-order valence-corrected chi connectivity index (χ3v) is 5.04. The third kappa shape index (κ3) is 1.99. The molecule has 0 radical (unpaired) electrons. The molecule has 3 rings (SSSR count). The van der Waals surface area contributed by atoms with E-state index in [-0.39, 0.29) is 0 Å². The second-order valence-electron chi connectivity index (χ2n) is 6.13. The molecule has 2 nitrogen and oxygen atoms in total. The number of hydrogen-bond donors (Lipinski definition) is 1. The van der Waals surface area contributed by atoms with Crippen molar-refractivity contribution in [1.29, 1.82) is 0 Å². The Morgan fingerprint density at radius 3 is 2.38 bits per heavy atom. The SMILES string of the molecule is NC(=NC1CC2CCC1C2)C1CCCCC1. The minimum Gasteiger partial charge on any atom is -0.387 e. The van der Waals surface area contributed by atoms with Gasteiger partial charge in [0.25, 0.3) is 0 Å². The van der Waals surface area contributed by atoms with Gasteiger partial charge in [-0.25, -0.2) is 0 Å². The zero-order valence-electron chi connectivity index (χ0n) is 10.2. The average Bonchev–Trinajstić information content (AvgIpc) is 2.92. The molecule has 0 heterocycles. The summed E-state index contributed by atoms with van der Waals surface area (Å²) in [6.45, 7) is 0. The first kappa shape index (κ1) is 10.6. The molecule has 3 atom stereocenters. The Morgan fingerprint density at radius 1 is 0.938 bits per heavy atom. The predicted octanol–water partition coefficient (Wildman–Crippen LogP) is 3.11. The Morgan fingerprint density at radius 2 is 1.75 bits per heavy atom. The van der Waals surface area contributed by atoms with Crippen molar-refractivity contribution in [3.63, 3.8) is 0 Å². The van der Waals surface area contributed by atoms with E-state index in [1.807, 2.05) is 0 Å². The molecule has 2 bridgehead atoms. The molecular formula is C14H24N2. The molecule has 0 saturated heterocycles. The van der Waals surface area contributed by atoms with Crippen LogP contribution in [0, 0.1) is 17.8 Å². The van der Waals surface area contributed by atoms with Crippen LogP contribution in [0.4, 0.5) is 0 Å². The van der Waals surface area contributed by atoms with Crippen molar-refractivity contribution < 1.29 is 0 Å². The summed E-state index contributed by atoms with van der Waals surface area (Å²) in [5, 5.41) is 0. The fourth-order valence-corrected chi connectivity index (χ4v) is 4.06. The number of nitrogens with two attached hydrogens (primary N) is 1. The summed E-state index contributed by atoms with van der Waals surface area (Å²) in [6, 6.07) is 0.598. The molecule has 0 aromatic heterocycles. The fraction of sp³-hybridized carbons (Fsp3) is 0.929. The molecule has 0 aromatic carbocycles. The molecule has 90 valence electrons. The van der Waals surface area contributed by atoms with Crippen molar-refractivity contribution in [2.24, 2.45) is 28.5 Å². The maximum absolute atomic E-state index is 6.21. The van der Waals surface area contributed by atoms with E-state index in [0.29, 0.717) is 12.0 Å². The molecule has 0 amide bonds. The van der Waals surface area contributed by atoms with Gasteiger partial charge in [-0.1, -0.05) is 25.7 Å². The highest BCUT2D eigenvalue weighted by molar-refractivity contribution is 5.83. The molecule has 3 saturated carbocycles. The van der Waals surface area contributed by atoms with Crippen LogP contribution in [0.5, 0.6) is 0 Å². The average molecular weight is 220 g/mol. The van der Waals surface area contributed by atoms with Gasteiger partial charge in [0.05, 0.1) is 11.9 Å². The molecule has 2 N–H and O–H groups in total. The van der Waals surface area contributed by atoms with E-state index in [0.717, 1.165) is 17.7 Å². The van der Waals surface area contributed by atoms with Gasteiger partial charge in [0.2, 0.25) is 0 Å². The van der Waals surface area contributed by atoms with E-state index in [9.17, 15) is 0 Å². The van der Waals surface area contributed by atoms with Gasteiger partial charge in [-0.05, 0) is 43.9 Å². The van der Waals surface area contributed by atoms with Crippen LogP contribution >= 0.6 is 0 Å². The lowest BCUT2D eigenvalue weighted by Crippen LogP contribution is -2.29. The first-order valence-electron chi connectivity index (χ1n) is 7.16. The summed E-state index contributed by atoms with van der Waals surface area (Å²) in [7, 11) is 0. The Labute approximate surface area is 98.7 Å². The number of amidine groups is 1. The second-order valence-corrected chi connectivity index (χ2v) is 6.13. The van der Waals surface area contributed by atoms with E-state index in [4.69, 9.17) is 10.7 Å². The highest BCUT2D eigenvalue weighted by Crippen LogP contribution is 2.46. The van der Waals surface area contributed by atoms with Crippen molar-refractivity contribution in [2.45, 2.75) is 63.8 Å². The summed E-state index contributed by atoms with van der Waals surface area (Å²) >= 11 is 0. The van der Waals surface area contributed by atoms with Crippen LogP contribution in [-0.2, 0) is 0 Å². The first-order chi connectivity index (χ1) is 7.83. The Kier molecular flexibility index (Phi) is 2.91. The summed E-state index contributed by atoms with van der Waals surface area (Å²) in [5.41, 5.74) is 6.21. The van der Waals surface area contributed by atoms with Crippen molar-refractivity contribution in [3.05, 3.63) is 0 Å². The van der Waals surface area contributed by atoms with E-state index < -0.39 is 0 Å². The number of fused-ring (bicyclic) bond motifs is 2. The molecule has 0 aliphatic heterocycles. The van der Waals surface area contributed by atoms with Gasteiger partial charge >= 0.3 is 0 Å². The molecular weight excluding hydrogens is 196 g/mol. The third-order valence-electron chi connectivity index (χ3n) is 5.04. The maximum Gasteiger partial charge on any atom is 0.0971 e. The maximum atomic E-state index is 6.21. The predicted molar refractivity (Wildman–Crippen MR) is 67.4 cm³/mol. The second kappa shape index (κ2) is 4.38. The molecule has 0 spiro atoms.